The van der Waals surface area contributed by atoms with Crippen molar-refractivity contribution in [3.05, 3.63) is 29.8 Å². The lowest BCUT2D eigenvalue weighted by Crippen LogP contribution is -2.51. The largest absolute Gasteiger partial charge is 0.462 e. The van der Waals surface area contributed by atoms with Gasteiger partial charge in [-0.15, -0.1) is 0 Å². The van der Waals surface area contributed by atoms with Crippen LogP contribution in [-0.2, 0) is 4.74 Å². The van der Waals surface area contributed by atoms with Crippen molar-refractivity contribution in [2.24, 2.45) is 0 Å². The molecule has 1 aliphatic rings. The molecule has 0 amide bonds. The van der Waals surface area contributed by atoms with Gasteiger partial charge in [0.05, 0.1) is 18.2 Å². The van der Waals surface area contributed by atoms with E-state index in [9.17, 15) is 4.79 Å². The van der Waals surface area contributed by atoms with Crippen LogP contribution in [0.5, 0.6) is 0 Å². The molecule has 0 unspecified atom stereocenters. The van der Waals surface area contributed by atoms with Crippen LogP contribution in [0.15, 0.2) is 24.3 Å². The lowest BCUT2D eigenvalue weighted by molar-refractivity contribution is 0.0526. The molecule has 2 rings (SSSR count). The molecule has 1 heterocycles. The number of hydrogen-bond acceptors (Lipinski definition) is 4. The van der Waals surface area contributed by atoms with E-state index in [1.807, 2.05) is 12.1 Å². The summed E-state index contributed by atoms with van der Waals surface area (Å²) >= 11 is 0. The monoisotopic (exact) mass is 220 g/mol. The summed E-state index contributed by atoms with van der Waals surface area (Å²) in [6, 6.07) is 7.89. The zero-order valence-corrected chi connectivity index (χ0v) is 9.32. The molecule has 0 saturated carbocycles. The van der Waals surface area contributed by atoms with Crippen LogP contribution in [0.2, 0.25) is 0 Å². The Hall–Kier alpha value is -1.55. The SMILES string of the molecule is CCOC(=O)c1ccc(NC2CNC2)cc1. The van der Waals surface area contributed by atoms with Crippen LogP contribution in [0.25, 0.3) is 0 Å². The molecule has 0 aromatic heterocycles. The molecule has 4 heteroatoms. The molecule has 0 atom stereocenters. The van der Waals surface area contributed by atoms with E-state index in [0.717, 1.165) is 18.8 Å². The van der Waals surface area contributed by atoms with Crippen molar-refractivity contribution < 1.29 is 9.53 Å². The third kappa shape index (κ3) is 2.52. The summed E-state index contributed by atoms with van der Waals surface area (Å²) in [7, 11) is 0. The fourth-order valence-electron chi connectivity index (χ4n) is 1.54. The Bertz CT molecular complexity index is 358. The van der Waals surface area contributed by atoms with Crippen LogP contribution in [0, 0.1) is 0 Å². The van der Waals surface area contributed by atoms with Gasteiger partial charge < -0.3 is 15.4 Å². The molecule has 1 aliphatic heterocycles. The van der Waals surface area contributed by atoms with Gasteiger partial charge >= 0.3 is 5.97 Å². The van der Waals surface area contributed by atoms with Crippen LogP contribution in [0.4, 0.5) is 5.69 Å². The first-order valence-corrected chi connectivity index (χ1v) is 5.54. The Morgan fingerprint density at radius 3 is 2.62 bits per heavy atom. The van der Waals surface area contributed by atoms with E-state index < -0.39 is 0 Å². The number of carbonyl (C=O) groups excluding carboxylic acids is 1. The fourth-order valence-corrected chi connectivity index (χ4v) is 1.54. The Morgan fingerprint density at radius 2 is 2.12 bits per heavy atom. The molecule has 86 valence electrons. The lowest BCUT2D eigenvalue weighted by Gasteiger charge is -2.28. The van der Waals surface area contributed by atoms with Crippen LogP contribution in [0.3, 0.4) is 0 Å². The molecular formula is C12H16N2O2. The topological polar surface area (TPSA) is 50.4 Å². The Labute approximate surface area is 95.0 Å². The number of esters is 1. The van der Waals surface area contributed by atoms with Gasteiger partial charge in [-0.25, -0.2) is 4.79 Å². The van der Waals surface area contributed by atoms with Gasteiger partial charge in [0, 0.05) is 18.8 Å². The molecule has 2 N–H and O–H groups in total. The van der Waals surface area contributed by atoms with E-state index >= 15 is 0 Å². The highest BCUT2D eigenvalue weighted by Gasteiger charge is 2.15. The van der Waals surface area contributed by atoms with Gasteiger partial charge in [0.1, 0.15) is 0 Å². The van der Waals surface area contributed by atoms with E-state index in [4.69, 9.17) is 4.74 Å². The van der Waals surface area contributed by atoms with Gasteiger partial charge in [-0.3, -0.25) is 0 Å². The molecule has 4 nitrogen and oxygen atoms in total. The summed E-state index contributed by atoms with van der Waals surface area (Å²) in [6.45, 7) is 4.21. The predicted molar refractivity (Wildman–Crippen MR) is 62.7 cm³/mol. The van der Waals surface area contributed by atoms with Crippen LogP contribution in [0.1, 0.15) is 17.3 Å². The Morgan fingerprint density at radius 1 is 1.44 bits per heavy atom. The molecule has 0 aliphatic carbocycles. The van der Waals surface area contributed by atoms with E-state index in [1.165, 1.54) is 0 Å². The predicted octanol–water partition coefficient (Wildman–Crippen LogP) is 1.25. The maximum atomic E-state index is 11.4. The fraction of sp³-hybridized carbons (Fsp3) is 0.417. The number of rotatable bonds is 4. The maximum absolute atomic E-state index is 11.4. The molecule has 0 radical (unpaired) electrons. The zero-order chi connectivity index (χ0) is 11.4. The molecule has 1 aromatic rings. The highest BCUT2D eigenvalue weighted by molar-refractivity contribution is 5.89. The summed E-state index contributed by atoms with van der Waals surface area (Å²) in [4.78, 5) is 11.4. The summed E-state index contributed by atoms with van der Waals surface area (Å²) in [5, 5.41) is 6.55. The average Bonchev–Trinajstić information content (AvgIpc) is 2.25. The molecule has 0 spiro atoms. The third-order valence-corrected chi connectivity index (χ3v) is 2.55. The number of benzene rings is 1. The van der Waals surface area contributed by atoms with Crippen molar-refractivity contribution in [3.8, 4) is 0 Å². The molecule has 1 saturated heterocycles. The van der Waals surface area contributed by atoms with Crippen molar-refractivity contribution in [1.82, 2.24) is 5.32 Å². The second-order valence-corrected chi connectivity index (χ2v) is 3.80. The summed E-state index contributed by atoms with van der Waals surface area (Å²) in [5.74, 6) is -0.264. The number of ether oxygens (including phenoxy) is 1. The van der Waals surface area contributed by atoms with Gasteiger partial charge in [0.2, 0.25) is 0 Å². The average molecular weight is 220 g/mol. The lowest BCUT2D eigenvalue weighted by atomic mass is 10.1. The molecule has 0 bridgehead atoms. The second kappa shape index (κ2) is 4.99. The molecule has 16 heavy (non-hydrogen) atoms. The van der Waals surface area contributed by atoms with Gasteiger partial charge in [0.25, 0.3) is 0 Å². The normalized spacial score (nSPS) is 15.3. The Kier molecular flexibility index (Phi) is 3.41. The van der Waals surface area contributed by atoms with Crippen LogP contribution < -0.4 is 10.6 Å². The number of nitrogens with one attached hydrogen (secondary N) is 2. The van der Waals surface area contributed by atoms with E-state index in [0.29, 0.717) is 18.2 Å². The minimum absolute atomic E-state index is 0.264. The number of carbonyl (C=O) groups is 1. The van der Waals surface area contributed by atoms with Crippen molar-refractivity contribution in [2.75, 3.05) is 25.0 Å². The van der Waals surface area contributed by atoms with Gasteiger partial charge in [-0.05, 0) is 31.2 Å². The van der Waals surface area contributed by atoms with E-state index in [-0.39, 0.29) is 5.97 Å². The summed E-state index contributed by atoms with van der Waals surface area (Å²) in [6.07, 6.45) is 0. The molecule has 1 fully saturated rings. The van der Waals surface area contributed by atoms with Gasteiger partial charge in [0.15, 0.2) is 0 Å². The highest BCUT2D eigenvalue weighted by Crippen LogP contribution is 2.12. The van der Waals surface area contributed by atoms with Crippen LogP contribution in [-0.4, -0.2) is 31.7 Å². The third-order valence-electron chi connectivity index (χ3n) is 2.55. The first-order valence-electron chi connectivity index (χ1n) is 5.54. The van der Waals surface area contributed by atoms with Crippen LogP contribution >= 0.6 is 0 Å². The Balaban J connectivity index is 1.95. The summed E-state index contributed by atoms with van der Waals surface area (Å²) in [5.41, 5.74) is 1.64. The van der Waals surface area contributed by atoms with E-state index in [2.05, 4.69) is 10.6 Å². The van der Waals surface area contributed by atoms with Crippen molar-refractivity contribution in [3.63, 3.8) is 0 Å². The first kappa shape index (κ1) is 11.0. The van der Waals surface area contributed by atoms with E-state index in [1.54, 1.807) is 19.1 Å². The molecule has 1 aromatic carbocycles. The summed E-state index contributed by atoms with van der Waals surface area (Å²) < 4.78 is 4.91. The minimum atomic E-state index is -0.264. The minimum Gasteiger partial charge on any atom is -0.462 e. The number of anilines is 1. The van der Waals surface area contributed by atoms with Crippen molar-refractivity contribution in [1.29, 1.82) is 0 Å². The number of hydrogen-bond donors (Lipinski definition) is 2. The second-order valence-electron chi connectivity index (χ2n) is 3.80. The van der Waals surface area contributed by atoms with Crippen molar-refractivity contribution >= 4 is 11.7 Å². The maximum Gasteiger partial charge on any atom is 0.338 e. The zero-order valence-electron chi connectivity index (χ0n) is 9.32. The standard InChI is InChI=1S/C12H16N2O2/c1-2-16-12(15)9-3-5-10(6-4-9)14-11-7-13-8-11/h3-6,11,13-14H,2,7-8H2,1H3. The van der Waals surface area contributed by atoms with Gasteiger partial charge in [-0.1, -0.05) is 0 Å². The quantitative estimate of drug-likeness (QED) is 0.750. The van der Waals surface area contributed by atoms with Crippen molar-refractivity contribution in [2.45, 2.75) is 13.0 Å². The first-order chi connectivity index (χ1) is 7.79. The smallest absolute Gasteiger partial charge is 0.338 e. The molecular weight excluding hydrogens is 204 g/mol. The highest BCUT2D eigenvalue weighted by atomic mass is 16.5. The van der Waals surface area contributed by atoms with Gasteiger partial charge in [-0.2, -0.15) is 0 Å².